The van der Waals surface area contributed by atoms with E-state index in [1.165, 1.54) is 28.5 Å². The van der Waals surface area contributed by atoms with Crippen molar-refractivity contribution in [2.75, 3.05) is 13.6 Å². The molecule has 0 aliphatic carbocycles. The van der Waals surface area contributed by atoms with E-state index in [2.05, 4.69) is 78.2 Å². The molecule has 7 heterocycles. The molecular formula is C22H37N21. The van der Waals surface area contributed by atoms with Crippen LogP contribution < -0.4 is 0 Å². The lowest BCUT2D eigenvalue weighted by atomic mass is 10.5. The first-order valence-corrected chi connectivity index (χ1v) is 12.2. The van der Waals surface area contributed by atoms with E-state index in [4.69, 9.17) is 0 Å². The molecule has 6 aromatic heterocycles. The van der Waals surface area contributed by atoms with Crippen molar-refractivity contribution in [1.29, 1.82) is 0 Å². The van der Waals surface area contributed by atoms with Crippen LogP contribution in [0.25, 0.3) is 0 Å². The van der Waals surface area contributed by atoms with E-state index in [1.807, 2.05) is 58.3 Å². The highest BCUT2D eigenvalue weighted by Gasteiger charge is 2.03. The van der Waals surface area contributed by atoms with Crippen molar-refractivity contribution in [2.24, 2.45) is 52.6 Å². The summed E-state index contributed by atoms with van der Waals surface area (Å²) in [7, 11) is 12.8. The van der Waals surface area contributed by atoms with E-state index < -0.39 is 0 Å². The van der Waals surface area contributed by atoms with Crippen molar-refractivity contribution >= 4 is 0 Å². The lowest BCUT2D eigenvalue weighted by Crippen LogP contribution is -2.03. The van der Waals surface area contributed by atoms with Crippen molar-refractivity contribution in [3.63, 3.8) is 0 Å². The Bertz CT molecular complexity index is 1150. The predicted molar refractivity (Wildman–Crippen MR) is 153 cm³/mol. The van der Waals surface area contributed by atoms with Crippen LogP contribution in [0.2, 0.25) is 0 Å². The van der Waals surface area contributed by atoms with Crippen molar-refractivity contribution in [3.05, 3.63) is 87.4 Å². The van der Waals surface area contributed by atoms with Gasteiger partial charge in [-0.25, -0.2) is 14.6 Å². The third-order valence-electron chi connectivity index (χ3n) is 4.15. The first kappa shape index (κ1) is 35.0. The molecule has 21 heteroatoms. The molecule has 0 atom stereocenters. The summed E-state index contributed by atoms with van der Waals surface area (Å²) >= 11 is 0. The van der Waals surface area contributed by atoms with Gasteiger partial charge in [0, 0.05) is 67.1 Å². The number of imidazole rings is 1. The highest BCUT2D eigenvalue weighted by atomic mass is 15.6. The van der Waals surface area contributed by atoms with Crippen molar-refractivity contribution in [3.8, 4) is 0 Å². The number of nitrogens with zero attached hydrogens (tertiary/aromatic N) is 21. The van der Waals surface area contributed by atoms with E-state index in [0.29, 0.717) is 6.54 Å². The van der Waals surface area contributed by atoms with Crippen LogP contribution in [-0.4, -0.2) is 108 Å². The van der Waals surface area contributed by atoms with Gasteiger partial charge in [0.1, 0.15) is 38.2 Å². The summed E-state index contributed by atoms with van der Waals surface area (Å²) in [6.45, 7) is 4.34. The Hall–Kier alpha value is -6.02. The van der Waals surface area contributed by atoms with Crippen molar-refractivity contribution in [2.45, 2.75) is 0 Å². The zero-order valence-corrected chi connectivity index (χ0v) is 25.2. The van der Waals surface area contributed by atoms with Crippen LogP contribution in [0.4, 0.5) is 0 Å². The maximum atomic E-state index is 3.83. The van der Waals surface area contributed by atoms with E-state index in [9.17, 15) is 0 Å². The Kier molecular flexibility index (Phi) is 17.7. The molecule has 0 spiro atoms. The van der Waals surface area contributed by atoms with Crippen LogP contribution >= 0.6 is 0 Å². The molecule has 43 heavy (non-hydrogen) atoms. The zero-order chi connectivity index (χ0) is 31.7. The number of hydrogen-bond donors (Lipinski definition) is 0. The third kappa shape index (κ3) is 19.7. The quantitative estimate of drug-likeness (QED) is 0.221. The van der Waals surface area contributed by atoms with Gasteiger partial charge in [0.15, 0.2) is 6.33 Å². The minimum atomic E-state index is 0.663. The predicted octanol–water partition coefficient (Wildman–Crippen LogP) is -0.297. The highest BCUT2D eigenvalue weighted by molar-refractivity contribution is 4.95. The Morgan fingerprint density at radius 2 is 1.40 bits per heavy atom. The van der Waals surface area contributed by atoms with Gasteiger partial charge in [0.05, 0.1) is 19.1 Å². The molecule has 7 rings (SSSR count). The fourth-order valence-electron chi connectivity index (χ4n) is 1.99. The van der Waals surface area contributed by atoms with Gasteiger partial charge in [0.2, 0.25) is 0 Å². The average molecular weight is 596 g/mol. The molecule has 0 radical (unpaired) electrons. The third-order valence-corrected chi connectivity index (χ3v) is 4.15. The first-order chi connectivity index (χ1) is 20.7. The number of aromatic nitrogens is 18. The Balaban J connectivity index is 0.000000251. The summed E-state index contributed by atoms with van der Waals surface area (Å²) in [4.78, 5) is 8.85. The zero-order valence-electron chi connectivity index (χ0n) is 25.2. The van der Waals surface area contributed by atoms with Crippen LogP contribution in [0, 0.1) is 0 Å². The van der Waals surface area contributed by atoms with Crippen LogP contribution in [0.15, 0.2) is 97.8 Å². The maximum Gasteiger partial charge on any atom is 0.162 e. The molecule has 0 fully saturated rings. The van der Waals surface area contributed by atoms with Crippen LogP contribution in [0.3, 0.4) is 0 Å². The lowest BCUT2D eigenvalue weighted by Gasteiger charge is -2.01. The van der Waals surface area contributed by atoms with Gasteiger partial charge in [-0.1, -0.05) is 11.8 Å². The van der Waals surface area contributed by atoms with Crippen molar-refractivity contribution in [1.82, 2.24) is 94.3 Å². The number of likely N-dealkylation sites (N-methyl/N-ethyl adjacent to an activating group) is 1. The van der Waals surface area contributed by atoms with E-state index in [1.54, 1.807) is 70.7 Å². The highest BCUT2D eigenvalue weighted by Crippen LogP contribution is 2.06. The first-order valence-electron chi connectivity index (χ1n) is 12.2. The topological polar surface area (TPSA) is 212 Å². The molecule has 0 saturated heterocycles. The van der Waals surface area contributed by atoms with E-state index >= 15 is 0 Å². The van der Waals surface area contributed by atoms with Gasteiger partial charge in [-0.15, -0.1) is 25.5 Å². The molecule has 0 aromatic carbocycles. The summed E-state index contributed by atoms with van der Waals surface area (Å²) in [6.07, 6.45) is 18.4. The monoisotopic (exact) mass is 595 g/mol. The Morgan fingerprint density at radius 3 is 1.56 bits per heavy atom. The maximum absolute atomic E-state index is 3.83. The lowest BCUT2D eigenvalue weighted by molar-refractivity contribution is 0.461. The summed E-state index contributed by atoms with van der Waals surface area (Å²) in [5, 5.41) is 44.4. The van der Waals surface area contributed by atoms with Gasteiger partial charge in [-0.2, -0.15) is 20.1 Å². The summed E-state index contributed by atoms with van der Waals surface area (Å²) in [5.74, 6) is 0. The summed E-state index contributed by atoms with van der Waals surface area (Å²) in [5.41, 5.74) is 0.958. The molecule has 6 aromatic rings. The second kappa shape index (κ2) is 21.8. The SMILES string of the molecule is C=C1CN=NN1C.Cn1cccn1.Cn1ccnc1.Cn1cncn1.Cn1cnnc1.Cn1cnnn1.Cn1ncnn1. The van der Waals surface area contributed by atoms with Crippen LogP contribution in [-0.2, 0) is 42.3 Å². The molecule has 0 unspecified atom stereocenters. The molecule has 0 amide bonds. The van der Waals surface area contributed by atoms with Gasteiger partial charge in [-0.05, 0) is 21.7 Å². The fraction of sp³-hybridized carbons (Fsp3) is 0.364. The van der Waals surface area contributed by atoms with E-state index in [0.717, 1.165) is 5.70 Å². The molecule has 1 aliphatic heterocycles. The summed E-state index contributed by atoms with van der Waals surface area (Å²) in [6, 6.07) is 1.89. The normalized spacial score (nSPS) is 10.5. The largest absolute Gasteiger partial charge is 0.341 e. The number of hydrogen-bond acceptors (Lipinski definition) is 15. The second-order valence-electron chi connectivity index (χ2n) is 7.99. The Morgan fingerprint density at radius 1 is 0.628 bits per heavy atom. The van der Waals surface area contributed by atoms with E-state index in [-0.39, 0.29) is 0 Å². The standard InChI is InChI=1S/C4H7N3.2C4H6N2.2C3H5N3.2C2H4N4/c1-4-3-5-6-7(4)2;1-6-3-2-5-4-6;1-6-4-2-3-5-6;1-6-2-4-5-3-6;1-6-3-4-2-5-6;1-6-2-3-4-5-6;1-6-4-2-3-5-6/h1,3H2,2H3;2*2-4H,1H3;2*2-3H,1H3;2*2H,1H3. The van der Waals surface area contributed by atoms with Gasteiger partial charge in [0.25, 0.3) is 0 Å². The number of tetrazole rings is 2. The molecule has 0 N–H and O–H groups in total. The molecule has 230 valence electrons. The second-order valence-corrected chi connectivity index (χ2v) is 7.99. The summed E-state index contributed by atoms with van der Waals surface area (Å²) < 4.78 is 8.58. The van der Waals surface area contributed by atoms with Gasteiger partial charge in [-0.3, -0.25) is 14.4 Å². The molecular weight excluding hydrogens is 558 g/mol. The van der Waals surface area contributed by atoms with Gasteiger partial charge >= 0.3 is 0 Å². The van der Waals surface area contributed by atoms with Crippen LogP contribution in [0.5, 0.6) is 0 Å². The van der Waals surface area contributed by atoms with Crippen LogP contribution in [0.1, 0.15) is 0 Å². The molecule has 0 bridgehead atoms. The number of rotatable bonds is 0. The minimum Gasteiger partial charge on any atom is -0.341 e. The number of aryl methyl sites for hydroxylation is 6. The fourth-order valence-corrected chi connectivity index (χ4v) is 1.99. The molecule has 21 nitrogen and oxygen atoms in total. The van der Waals surface area contributed by atoms with Crippen molar-refractivity contribution < 1.29 is 0 Å². The molecule has 1 aliphatic rings. The smallest absolute Gasteiger partial charge is 0.162 e. The average Bonchev–Trinajstić information content (AvgIpc) is 3.81. The minimum absolute atomic E-state index is 0.663. The molecule has 0 saturated carbocycles. The Labute approximate surface area is 248 Å². The van der Waals surface area contributed by atoms with Gasteiger partial charge < -0.3 is 9.13 Å².